The van der Waals surface area contributed by atoms with Crippen molar-refractivity contribution in [2.75, 3.05) is 26.2 Å². The van der Waals surface area contributed by atoms with Gasteiger partial charge in [0, 0.05) is 12.7 Å². The summed E-state index contributed by atoms with van der Waals surface area (Å²) < 4.78 is 23.9. The number of hydrogen-bond acceptors (Lipinski definition) is 7. The molecule has 2 aliphatic rings. The Bertz CT molecular complexity index is 613. The maximum atomic E-state index is 13.0. The van der Waals surface area contributed by atoms with Crippen LogP contribution in [-0.4, -0.2) is 50.5 Å². The number of ether oxygens (including phenoxy) is 4. The van der Waals surface area contributed by atoms with Gasteiger partial charge in [-0.2, -0.15) is 0 Å². The Morgan fingerprint density at radius 3 is 2.50 bits per heavy atom. The summed E-state index contributed by atoms with van der Waals surface area (Å²) in [5, 5.41) is 0. The van der Waals surface area contributed by atoms with Crippen molar-refractivity contribution in [3.63, 3.8) is 0 Å². The first-order valence-corrected chi connectivity index (χ1v) is 10.0. The minimum atomic E-state index is -0.686. The standard InChI is InChI=1S/C17H20O5S2/c1-19-16-12(17(23-2)24-3)13(18)14-11(21-16)9-20-15(22-14)10-7-5-4-6-8-10/h4-8,11,14-16H,9H2,1-3H3/t11-,14-,15?,16+/m1/s1. The van der Waals surface area contributed by atoms with Crippen molar-refractivity contribution >= 4 is 29.3 Å². The molecule has 24 heavy (non-hydrogen) atoms. The second-order valence-electron chi connectivity index (χ2n) is 5.35. The monoisotopic (exact) mass is 368 g/mol. The van der Waals surface area contributed by atoms with E-state index in [0.29, 0.717) is 5.57 Å². The summed E-state index contributed by atoms with van der Waals surface area (Å²) in [6.07, 6.45) is 1.47. The van der Waals surface area contributed by atoms with Gasteiger partial charge in [0.15, 0.2) is 24.5 Å². The molecule has 0 saturated carbocycles. The maximum Gasteiger partial charge on any atom is 0.197 e. The van der Waals surface area contributed by atoms with Gasteiger partial charge in [0.25, 0.3) is 0 Å². The summed E-state index contributed by atoms with van der Waals surface area (Å²) in [5.74, 6) is -0.0824. The zero-order chi connectivity index (χ0) is 17.1. The average molecular weight is 368 g/mol. The highest BCUT2D eigenvalue weighted by atomic mass is 32.2. The summed E-state index contributed by atoms with van der Waals surface area (Å²) >= 11 is 3.02. The number of carbonyl (C=O) groups excluding carboxylic acids is 1. The summed E-state index contributed by atoms with van der Waals surface area (Å²) in [6, 6.07) is 9.60. The van der Waals surface area contributed by atoms with Gasteiger partial charge in [-0.05, 0) is 12.5 Å². The van der Waals surface area contributed by atoms with Gasteiger partial charge in [-0.25, -0.2) is 0 Å². The second-order valence-corrected chi connectivity index (χ2v) is 7.24. The first-order valence-electron chi connectivity index (χ1n) is 7.56. The molecule has 2 fully saturated rings. The van der Waals surface area contributed by atoms with Gasteiger partial charge >= 0.3 is 0 Å². The quantitative estimate of drug-likeness (QED) is 0.757. The van der Waals surface area contributed by atoms with E-state index in [1.165, 1.54) is 30.6 Å². The number of carbonyl (C=O) groups is 1. The molecule has 0 radical (unpaired) electrons. The summed E-state index contributed by atoms with van der Waals surface area (Å²) in [4.78, 5) is 13.0. The molecule has 2 aliphatic heterocycles. The maximum absolute atomic E-state index is 13.0. The van der Waals surface area contributed by atoms with Crippen molar-refractivity contribution in [2.45, 2.75) is 24.8 Å². The molecule has 0 aromatic heterocycles. The number of ketones is 1. The number of benzene rings is 1. The second kappa shape index (κ2) is 8.03. The molecule has 0 spiro atoms. The van der Waals surface area contributed by atoms with E-state index in [2.05, 4.69) is 0 Å². The fraction of sp³-hybridized carbons (Fsp3) is 0.471. The molecule has 0 bridgehead atoms. The summed E-state index contributed by atoms with van der Waals surface area (Å²) in [5.41, 5.74) is 1.42. The third-order valence-electron chi connectivity index (χ3n) is 3.95. The first-order chi connectivity index (χ1) is 11.7. The Hall–Kier alpha value is -0.830. The van der Waals surface area contributed by atoms with Crippen LogP contribution in [0.1, 0.15) is 11.9 Å². The highest BCUT2D eigenvalue weighted by Gasteiger charge is 2.47. The Kier molecular flexibility index (Phi) is 6.02. The van der Waals surface area contributed by atoms with Crippen LogP contribution in [-0.2, 0) is 23.7 Å². The molecular formula is C17H20O5S2. The van der Waals surface area contributed by atoms with E-state index in [1.54, 1.807) is 0 Å². The van der Waals surface area contributed by atoms with Crippen LogP contribution in [0.3, 0.4) is 0 Å². The molecule has 3 rings (SSSR count). The highest BCUT2D eigenvalue weighted by molar-refractivity contribution is 8.21. The van der Waals surface area contributed by atoms with Gasteiger partial charge in [0.1, 0.15) is 6.10 Å². The Balaban J connectivity index is 1.87. The van der Waals surface area contributed by atoms with E-state index in [4.69, 9.17) is 18.9 Å². The molecule has 2 heterocycles. The minimum Gasteiger partial charge on any atom is -0.351 e. The molecular weight excluding hydrogens is 348 g/mol. The Labute approximate surface area is 150 Å². The van der Waals surface area contributed by atoms with Crippen molar-refractivity contribution in [3.05, 3.63) is 45.7 Å². The third-order valence-corrected chi connectivity index (χ3v) is 6.14. The smallest absolute Gasteiger partial charge is 0.197 e. The fourth-order valence-corrected chi connectivity index (χ4v) is 4.33. The van der Waals surface area contributed by atoms with Crippen molar-refractivity contribution in [3.8, 4) is 0 Å². The van der Waals surface area contributed by atoms with Crippen molar-refractivity contribution in [1.29, 1.82) is 0 Å². The van der Waals surface area contributed by atoms with E-state index >= 15 is 0 Å². The zero-order valence-corrected chi connectivity index (χ0v) is 15.4. The van der Waals surface area contributed by atoms with Gasteiger partial charge in [-0.15, -0.1) is 23.5 Å². The van der Waals surface area contributed by atoms with Crippen molar-refractivity contribution < 1.29 is 23.7 Å². The summed E-state index contributed by atoms with van der Waals surface area (Å²) in [6.45, 7) is 0.289. The molecule has 1 aromatic carbocycles. The number of rotatable bonds is 4. The van der Waals surface area contributed by atoms with Crippen LogP contribution >= 0.6 is 23.5 Å². The molecule has 5 nitrogen and oxygen atoms in total. The van der Waals surface area contributed by atoms with Crippen LogP contribution in [0, 0.1) is 0 Å². The van der Waals surface area contributed by atoms with E-state index in [1.807, 2.05) is 42.8 Å². The fourth-order valence-electron chi connectivity index (χ4n) is 2.83. The number of hydrogen-bond donors (Lipinski definition) is 0. The van der Waals surface area contributed by atoms with Gasteiger partial charge in [-0.1, -0.05) is 30.3 Å². The van der Waals surface area contributed by atoms with E-state index in [-0.39, 0.29) is 12.4 Å². The Morgan fingerprint density at radius 2 is 1.88 bits per heavy atom. The van der Waals surface area contributed by atoms with E-state index in [9.17, 15) is 4.79 Å². The van der Waals surface area contributed by atoms with Crippen LogP contribution in [0.15, 0.2) is 40.1 Å². The average Bonchev–Trinajstić information content (AvgIpc) is 2.64. The first kappa shape index (κ1) is 18.0. The largest absolute Gasteiger partial charge is 0.351 e. The number of thioether (sulfide) groups is 2. The lowest BCUT2D eigenvalue weighted by Crippen LogP contribution is -2.54. The molecule has 130 valence electrons. The zero-order valence-electron chi connectivity index (χ0n) is 13.8. The normalized spacial score (nSPS) is 30.1. The molecule has 1 unspecified atom stereocenters. The van der Waals surface area contributed by atoms with Crippen LogP contribution in [0.2, 0.25) is 0 Å². The number of Topliss-reactive ketones (excluding diaryl/α,β-unsaturated/α-hetero) is 1. The van der Waals surface area contributed by atoms with Crippen molar-refractivity contribution in [2.24, 2.45) is 0 Å². The SMILES string of the molecule is CO[C@H]1O[C@@H]2COC(c3ccccc3)O[C@H]2C(=O)C1=C(SC)SC. The molecule has 0 N–H and O–H groups in total. The minimum absolute atomic E-state index is 0.0824. The van der Waals surface area contributed by atoms with Gasteiger partial charge in [0.2, 0.25) is 0 Å². The molecule has 2 saturated heterocycles. The van der Waals surface area contributed by atoms with Crippen LogP contribution in [0.4, 0.5) is 0 Å². The molecule has 7 heteroatoms. The lowest BCUT2D eigenvalue weighted by Gasteiger charge is -2.41. The molecule has 1 aromatic rings. The third kappa shape index (κ3) is 3.42. The Morgan fingerprint density at radius 1 is 1.17 bits per heavy atom. The predicted molar refractivity (Wildman–Crippen MR) is 94.7 cm³/mol. The van der Waals surface area contributed by atoms with Crippen molar-refractivity contribution in [1.82, 2.24) is 0 Å². The predicted octanol–water partition coefficient (Wildman–Crippen LogP) is 2.98. The van der Waals surface area contributed by atoms with Gasteiger partial charge in [0.05, 0.1) is 16.4 Å². The van der Waals surface area contributed by atoms with Crippen LogP contribution < -0.4 is 0 Å². The van der Waals surface area contributed by atoms with Gasteiger partial charge < -0.3 is 18.9 Å². The van der Waals surface area contributed by atoms with Crippen LogP contribution in [0.25, 0.3) is 0 Å². The molecule has 0 aliphatic carbocycles. The van der Waals surface area contributed by atoms with E-state index < -0.39 is 24.8 Å². The highest BCUT2D eigenvalue weighted by Crippen LogP contribution is 2.39. The molecule has 0 amide bonds. The number of fused-ring (bicyclic) bond motifs is 1. The lowest BCUT2D eigenvalue weighted by atomic mass is 9.98. The topological polar surface area (TPSA) is 54.0 Å². The van der Waals surface area contributed by atoms with Gasteiger partial charge in [-0.3, -0.25) is 4.79 Å². The molecule has 4 atom stereocenters. The number of methoxy groups -OCH3 is 1. The van der Waals surface area contributed by atoms with E-state index in [0.717, 1.165) is 9.80 Å². The summed E-state index contributed by atoms with van der Waals surface area (Å²) in [7, 11) is 1.54. The lowest BCUT2D eigenvalue weighted by molar-refractivity contribution is -0.288. The van der Waals surface area contributed by atoms with Crippen LogP contribution in [0.5, 0.6) is 0 Å².